The number of amidine groups is 1. The van der Waals surface area contributed by atoms with Gasteiger partial charge in [-0.25, -0.2) is 8.42 Å². The highest BCUT2D eigenvalue weighted by molar-refractivity contribution is 8.15. The van der Waals surface area contributed by atoms with Gasteiger partial charge in [0.25, 0.3) is 0 Å². The largest absolute Gasteiger partial charge is 0.492 e. The fourth-order valence-electron chi connectivity index (χ4n) is 2.72. The molecule has 0 amide bonds. The van der Waals surface area contributed by atoms with E-state index >= 15 is 0 Å². The number of fused-ring (bicyclic) bond motifs is 1. The Morgan fingerprint density at radius 3 is 2.90 bits per heavy atom. The van der Waals surface area contributed by atoms with Crippen molar-refractivity contribution in [2.75, 3.05) is 23.0 Å². The van der Waals surface area contributed by atoms with Gasteiger partial charge < -0.3 is 9.64 Å². The summed E-state index contributed by atoms with van der Waals surface area (Å²) in [6, 6.07) is 7.34. The van der Waals surface area contributed by atoms with E-state index in [0.717, 1.165) is 5.69 Å². The van der Waals surface area contributed by atoms with Gasteiger partial charge in [0.15, 0.2) is 15.0 Å². The molecule has 0 unspecified atom stereocenters. The summed E-state index contributed by atoms with van der Waals surface area (Å²) in [5, 5.41) is 8.50. The zero-order chi connectivity index (χ0) is 14.3. The smallest absolute Gasteiger partial charge is 0.161 e. The second-order valence-electron chi connectivity index (χ2n) is 4.88. The molecule has 0 spiro atoms. The highest BCUT2D eigenvalue weighted by Gasteiger charge is 2.49. The van der Waals surface area contributed by atoms with Gasteiger partial charge in [0.05, 0.1) is 29.8 Å². The van der Waals surface area contributed by atoms with Gasteiger partial charge in [0, 0.05) is 5.25 Å². The van der Waals surface area contributed by atoms with Crippen LogP contribution in [-0.2, 0) is 9.84 Å². The second kappa shape index (κ2) is 4.96. The molecule has 0 radical (unpaired) electrons. The number of benzene rings is 1. The van der Waals surface area contributed by atoms with Crippen LogP contribution in [0.3, 0.4) is 0 Å². The van der Waals surface area contributed by atoms with Crippen LogP contribution in [0.4, 0.5) is 5.69 Å². The average molecular weight is 312 g/mol. The van der Waals surface area contributed by atoms with Crippen LogP contribution in [-0.4, -0.2) is 43.0 Å². The summed E-state index contributed by atoms with van der Waals surface area (Å²) in [7, 11) is -2.99. The molecule has 3 rings (SSSR count). The van der Waals surface area contributed by atoms with Crippen molar-refractivity contribution in [3.8, 4) is 5.75 Å². The van der Waals surface area contributed by atoms with Crippen LogP contribution in [0.2, 0.25) is 0 Å². The van der Waals surface area contributed by atoms with Crippen molar-refractivity contribution in [2.45, 2.75) is 18.2 Å². The fourth-order valence-corrected chi connectivity index (χ4v) is 6.51. The van der Waals surface area contributed by atoms with Gasteiger partial charge in [-0.2, -0.15) is 0 Å². The zero-order valence-electron chi connectivity index (χ0n) is 11.1. The summed E-state index contributed by atoms with van der Waals surface area (Å²) in [6.45, 7) is 2.45. The molecule has 0 aliphatic carbocycles. The molecule has 2 fully saturated rings. The number of anilines is 1. The Morgan fingerprint density at radius 2 is 2.15 bits per heavy atom. The third-order valence-corrected chi connectivity index (χ3v) is 6.64. The third kappa shape index (κ3) is 2.29. The van der Waals surface area contributed by atoms with Crippen LogP contribution in [0.25, 0.3) is 0 Å². The summed E-state index contributed by atoms with van der Waals surface area (Å²) < 4.78 is 29.2. The molecule has 1 N–H and O–H groups in total. The Bertz CT molecular complexity index is 645. The number of thioether (sulfide) groups is 1. The van der Waals surface area contributed by atoms with E-state index in [-0.39, 0.29) is 22.8 Å². The van der Waals surface area contributed by atoms with E-state index in [1.165, 1.54) is 11.8 Å². The van der Waals surface area contributed by atoms with E-state index in [1.807, 2.05) is 36.1 Å². The molecule has 2 saturated heterocycles. The van der Waals surface area contributed by atoms with Gasteiger partial charge in [-0.3, -0.25) is 5.41 Å². The van der Waals surface area contributed by atoms with E-state index < -0.39 is 9.84 Å². The van der Waals surface area contributed by atoms with E-state index in [1.54, 1.807) is 0 Å². The van der Waals surface area contributed by atoms with Crippen molar-refractivity contribution in [2.24, 2.45) is 0 Å². The van der Waals surface area contributed by atoms with Crippen LogP contribution in [0.15, 0.2) is 24.3 Å². The Morgan fingerprint density at radius 1 is 1.40 bits per heavy atom. The summed E-state index contributed by atoms with van der Waals surface area (Å²) in [5.41, 5.74) is 0.788. The first-order valence-corrected chi connectivity index (χ1v) is 9.18. The fraction of sp³-hybridized carbons (Fsp3) is 0.462. The van der Waals surface area contributed by atoms with Gasteiger partial charge >= 0.3 is 0 Å². The molecular formula is C13H16N2O3S2. The van der Waals surface area contributed by atoms with Crippen LogP contribution in [0.5, 0.6) is 5.75 Å². The van der Waals surface area contributed by atoms with Crippen molar-refractivity contribution in [1.29, 1.82) is 5.41 Å². The van der Waals surface area contributed by atoms with Crippen LogP contribution < -0.4 is 9.64 Å². The van der Waals surface area contributed by atoms with E-state index in [0.29, 0.717) is 17.5 Å². The first-order chi connectivity index (χ1) is 9.52. The molecule has 2 heterocycles. The quantitative estimate of drug-likeness (QED) is 0.920. The summed E-state index contributed by atoms with van der Waals surface area (Å²) >= 11 is 1.34. The highest BCUT2D eigenvalue weighted by atomic mass is 32.2. The minimum absolute atomic E-state index is 0.0396. The van der Waals surface area contributed by atoms with Gasteiger partial charge in [0.2, 0.25) is 0 Å². The Kier molecular flexibility index (Phi) is 3.41. The van der Waals surface area contributed by atoms with Crippen LogP contribution in [0, 0.1) is 5.41 Å². The maximum Gasteiger partial charge on any atom is 0.161 e. The standard InChI is InChI=1S/C13H16N2O3S2/c1-2-18-11-6-4-3-5-9(11)15-10-7-20(16,17)8-12(10)19-13(15)14/h3-6,10,12,14H,2,7-8H2,1H3/t10-,12-/m1/s1. The first kappa shape index (κ1) is 13.8. The maximum absolute atomic E-state index is 11.8. The predicted octanol–water partition coefficient (Wildman–Crippen LogP) is 1.74. The van der Waals surface area contributed by atoms with Gasteiger partial charge in [0.1, 0.15) is 5.75 Å². The molecule has 0 saturated carbocycles. The number of rotatable bonds is 3. The lowest BCUT2D eigenvalue weighted by atomic mass is 10.2. The Labute approximate surface area is 122 Å². The number of ether oxygens (including phenoxy) is 1. The number of sulfone groups is 1. The molecule has 0 aromatic heterocycles. The van der Waals surface area contributed by atoms with Crippen molar-refractivity contribution >= 4 is 32.5 Å². The second-order valence-corrected chi connectivity index (χ2v) is 8.26. The van der Waals surface area contributed by atoms with Crippen molar-refractivity contribution in [1.82, 2.24) is 0 Å². The van der Waals surface area contributed by atoms with E-state index in [4.69, 9.17) is 10.1 Å². The number of nitrogens with zero attached hydrogens (tertiary/aromatic N) is 1. The monoisotopic (exact) mass is 312 g/mol. The molecular weight excluding hydrogens is 296 g/mol. The normalized spacial score (nSPS) is 27.6. The number of hydrogen-bond donors (Lipinski definition) is 1. The Hall–Kier alpha value is -1.21. The molecule has 5 nitrogen and oxygen atoms in total. The number of hydrogen-bond acceptors (Lipinski definition) is 5. The Balaban J connectivity index is 1.99. The van der Waals surface area contributed by atoms with Crippen molar-refractivity contribution < 1.29 is 13.2 Å². The molecule has 2 aliphatic heterocycles. The topological polar surface area (TPSA) is 70.5 Å². The average Bonchev–Trinajstić information content (AvgIpc) is 2.81. The minimum atomic E-state index is -2.99. The molecule has 2 atom stereocenters. The minimum Gasteiger partial charge on any atom is -0.492 e. The molecule has 1 aromatic carbocycles. The molecule has 108 valence electrons. The molecule has 20 heavy (non-hydrogen) atoms. The van der Waals surface area contributed by atoms with E-state index in [9.17, 15) is 8.42 Å². The number of para-hydroxylation sites is 2. The summed E-state index contributed by atoms with van der Waals surface area (Å²) in [5.74, 6) is 0.983. The summed E-state index contributed by atoms with van der Waals surface area (Å²) in [6.07, 6.45) is 0. The molecule has 1 aromatic rings. The van der Waals surface area contributed by atoms with Gasteiger partial charge in [-0.05, 0) is 19.1 Å². The lowest BCUT2D eigenvalue weighted by Gasteiger charge is -2.25. The lowest BCUT2D eigenvalue weighted by Crippen LogP contribution is -2.37. The number of nitrogens with one attached hydrogen (secondary N) is 1. The first-order valence-electron chi connectivity index (χ1n) is 6.48. The van der Waals surface area contributed by atoms with E-state index in [2.05, 4.69) is 0 Å². The van der Waals surface area contributed by atoms with Crippen molar-refractivity contribution in [3.05, 3.63) is 24.3 Å². The molecule has 2 aliphatic rings. The van der Waals surface area contributed by atoms with Crippen LogP contribution in [0.1, 0.15) is 6.92 Å². The lowest BCUT2D eigenvalue weighted by molar-refractivity contribution is 0.340. The SMILES string of the molecule is CCOc1ccccc1N1C(=N)S[C@@H]2CS(=O)(=O)C[C@H]21. The zero-order valence-corrected chi connectivity index (χ0v) is 12.7. The summed E-state index contributed by atoms with van der Waals surface area (Å²) in [4.78, 5) is 1.81. The van der Waals surface area contributed by atoms with Gasteiger partial charge in [-0.15, -0.1) is 0 Å². The van der Waals surface area contributed by atoms with Crippen LogP contribution >= 0.6 is 11.8 Å². The van der Waals surface area contributed by atoms with Gasteiger partial charge in [-0.1, -0.05) is 23.9 Å². The molecule has 7 heteroatoms. The predicted molar refractivity (Wildman–Crippen MR) is 81.6 cm³/mol. The third-order valence-electron chi connectivity index (χ3n) is 3.51. The van der Waals surface area contributed by atoms with Crippen molar-refractivity contribution in [3.63, 3.8) is 0 Å². The highest BCUT2D eigenvalue weighted by Crippen LogP contribution is 2.43. The maximum atomic E-state index is 11.8. The molecule has 0 bridgehead atoms.